The number of hydrogen-bond donors (Lipinski definition) is 2. The second-order valence-electron chi connectivity index (χ2n) is 4.89. The quantitative estimate of drug-likeness (QED) is 0.852. The van der Waals surface area contributed by atoms with Gasteiger partial charge in [0.25, 0.3) is 5.91 Å². The monoisotopic (exact) mass is 295 g/mol. The van der Waals surface area contributed by atoms with E-state index in [9.17, 15) is 9.59 Å². The van der Waals surface area contributed by atoms with Gasteiger partial charge in [0.05, 0.1) is 6.61 Å². The zero-order chi connectivity index (χ0) is 15.2. The third-order valence-electron chi connectivity index (χ3n) is 3.43. The third kappa shape index (κ3) is 3.93. The predicted molar refractivity (Wildman–Crippen MR) is 74.8 cm³/mol. The molecular weight excluding hydrogens is 274 g/mol. The van der Waals surface area contributed by atoms with Gasteiger partial charge in [0.15, 0.2) is 0 Å². The van der Waals surface area contributed by atoms with Crippen LogP contribution in [0, 0.1) is 0 Å². The predicted octanol–water partition coefficient (Wildman–Crippen LogP) is 0.718. The van der Waals surface area contributed by atoms with E-state index in [0.717, 1.165) is 0 Å². The first-order chi connectivity index (χ1) is 10.1. The van der Waals surface area contributed by atoms with Gasteiger partial charge in [-0.25, -0.2) is 9.78 Å². The summed E-state index contributed by atoms with van der Waals surface area (Å²) >= 11 is 0. The van der Waals surface area contributed by atoms with Crippen LogP contribution in [0.15, 0.2) is 0 Å². The average Bonchev–Trinajstić information content (AvgIpc) is 2.97. The van der Waals surface area contributed by atoms with Crippen LogP contribution in [-0.2, 0) is 11.2 Å². The van der Waals surface area contributed by atoms with Crippen LogP contribution in [0.1, 0.15) is 43.1 Å². The van der Waals surface area contributed by atoms with Crippen LogP contribution in [-0.4, -0.2) is 57.8 Å². The van der Waals surface area contributed by atoms with E-state index in [1.165, 1.54) is 0 Å². The summed E-state index contributed by atoms with van der Waals surface area (Å²) < 4.78 is 4.96. The first-order valence-corrected chi connectivity index (χ1v) is 7.27. The van der Waals surface area contributed by atoms with Crippen LogP contribution in [0.25, 0.3) is 0 Å². The molecule has 0 aromatic carbocycles. The van der Waals surface area contributed by atoms with Crippen molar-refractivity contribution in [3.63, 3.8) is 0 Å². The minimum absolute atomic E-state index is 0.0340. The Morgan fingerprint density at radius 3 is 2.67 bits per heavy atom. The van der Waals surface area contributed by atoms with Crippen LogP contribution >= 0.6 is 0 Å². The number of amides is 2. The molecule has 21 heavy (non-hydrogen) atoms. The average molecular weight is 295 g/mol. The summed E-state index contributed by atoms with van der Waals surface area (Å²) in [5.41, 5.74) is 0. The first kappa shape index (κ1) is 15.3. The van der Waals surface area contributed by atoms with E-state index in [2.05, 4.69) is 20.5 Å². The van der Waals surface area contributed by atoms with E-state index in [1.54, 1.807) is 11.8 Å². The Kier molecular flexibility index (Phi) is 5.13. The lowest BCUT2D eigenvalue weighted by atomic mass is 10.1. The highest BCUT2D eigenvalue weighted by atomic mass is 16.6. The molecule has 1 aromatic rings. The Balaban J connectivity index is 1.80. The maximum atomic E-state index is 12.0. The molecule has 1 aliphatic heterocycles. The lowest BCUT2D eigenvalue weighted by Crippen LogP contribution is -2.46. The molecule has 2 rings (SSSR count). The number of carbonyl (C=O) groups is 2. The number of rotatable bonds is 4. The van der Waals surface area contributed by atoms with Crippen molar-refractivity contribution in [2.45, 2.75) is 39.2 Å². The molecule has 0 aliphatic carbocycles. The lowest BCUT2D eigenvalue weighted by Gasteiger charge is -2.31. The minimum atomic E-state index is -0.288. The zero-order valence-electron chi connectivity index (χ0n) is 12.4. The third-order valence-corrected chi connectivity index (χ3v) is 3.43. The highest BCUT2D eigenvalue weighted by Gasteiger charge is 2.25. The number of H-pyrrole nitrogens is 1. The molecule has 0 saturated carbocycles. The van der Waals surface area contributed by atoms with E-state index >= 15 is 0 Å². The number of aryl methyl sites for hydroxylation is 1. The number of hydrogen-bond acceptors (Lipinski definition) is 5. The molecule has 1 saturated heterocycles. The van der Waals surface area contributed by atoms with E-state index in [-0.39, 0.29) is 23.9 Å². The topological polar surface area (TPSA) is 100 Å². The summed E-state index contributed by atoms with van der Waals surface area (Å²) in [6.45, 7) is 5.26. The summed E-state index contributed by atoms with van der Waals surface area (Å²) in [4.78, 5) is 29.3. The maximum Gasteiger partial charge on any atom is 0.409 e. The van der Waals surface area contributed by atoms with Crippen molar-refractivity contribution in [3.05, 3.63) is 11.6 Å². The number of carbonyl (C=O) groups excluding carboxylic acids is 2. The van der Waals surface area contributed by atoms with Crippen molar-refractivity contribution >= 4 is 12.0 Å². The molecule has 2 amide bonds. The molecule has 0 unspecified atom stereocenters. The molecule has 8 nitrogen and oxygen atoms in total. The van der Waals surface area contributed by atoms with Crippen LogP contribution in [0.2, 0.25) is 0 Å². The van der Waals surface area contributed by atoms with Gasteiger partial charge in [-0.05, 0) is 19.8 Å². The van der Waals surface area contributed by atoms with Crippen LogP contribution in [0.4, 0.5) is 4.79 Å². The van der Waals surface area contributed by atoms with E-state index in [4.69, 9.17) is 4.74 Å². The van der Waals surface area contributed by atoms with Gasteiger partial charge >= 0.3 is 6.09 Å². The molecule has 0 radical (unpaired) electrons. The van der Waals surface area contributed by atoms with Gasteiger partial charge in [-0.2, -0.15) is 0 Å². The summed E-state index contributed by atoms with van der Waals surface area (Å²) in [6, 6.07) is 0.0340. The molecule has 1 fully saturated rings. The van der Waals surface area contributed by atoms with Crippen molar-refractivity contribution in [1.29, 1.82) is 0 Å². The molecule has 8 heteroatoms. The molecule has 1 aliphatic rings. The van der Waals surface area contributed by atoms with Crippen LogP contribution in [0.5, 0.6) is 0 Å². The highest BCUT2D eigenvalue weighted by Crippen LogP contribution is 2.12. The van der Waals surface area contributed by atoms with E-state index in [0.29, 0.717) is 44.8 Å². The van der Waals surface area contributed by atoms with E-state index in [1.807, 2.05) is 6.92 Å². The number of aromatic amines is 1. The molecular formula is C13H21N5O3. The fourth-order valence-electron chi connectivity index (χ4n) is 2.23. The van der Waals surface area contributed by atoms with Crippen molar-refractivity contribution < 1.29 is 14.3 Å². The fraction of sp³-hybridized carbons (Fsp3) is 0.692. The molecule has 2 N–H and O–H groups in total. The Morgan fingerprint density at radius 2 is 2.10 bits per heavy atom. The largest absolute Gasteiger partial charge is 0.450 e. The Bertz CT molecular complexity index is 494. The van der Waals surface area contributed by atoms with Crippen LogP contribution in [0.3, 0.4) is 0 Å². The second kappa shape index (κ2) is 7.05. The standard InChI is InChI=1S/C13H21N5O3/c1-3-10-15-11(17-16-10)12(19)14-9-5-7-18(8-6-9)13(20)21-4-2/h9H,3-8H2,1-2H3,(H,14,19)(H,15,16,17). The van der Waals surface area contributed by atoms with Crippen molar-refractivity contribution in [2.75, 3.05) is 19.7 Å². The minimum Gasteiger partial charge on any atom is -0.450 e. The number of ether oxygens (including phenoxy) is 1. The molecule has 0 bridgehead atoms. The van der Waals surface area contributed by atoms with Crippen molar-refractivity contribution in [1.82, 2.24) is 25.4 Å². The summed E-state index contributed by atoms with van der Waals surface area (Å²) in [5.74, 6) is 0.581. The normalized spacial score (nSPS) is 15.8. The lowest BCUT2D eigenvalue weighted by molar-refractivity contribution is 0.0853. The summed E-state index contributed by atoms with van der Waals surface area (Å²) in [7, 11) is 0. The van der Waals surface area contributed by atoms with Crippen molar-refractivity contribution in [2.24, 2.45) is 0 Å². The number of nitrogens with one attached hydrogen (secondary N) is 2. The van der Waals surface area contributed by atoms with Gasteiger partial charge in [-0.1, -0.05) is 6.92 Å². The molecule has 2 heterocycles. The van der Waals surface area contributed by atoms with Crippen LogP contribution < -0.4 is 5.32 Å². The highest BCUT2D eigenvalue weighted by molar-refractivity contribution is 5.90. The fourth-order valence-corrected chi connectivity index (χ4v) is 2.23. The van der Waals surface area contributed by atoms with E-state index < -0.39 is 0 Å². The first-order valence-electron chi connectivity index (χ1n) is 7.27. The van der Waals surface area contributed by atoms with Gasteiger partial charge in [0.1, 0.15) is 5.82 Å². The molecule has 1 aromatic heterocycles. The van der Waals surface area contributed by atoms with Gasteiger partial charge in [-0.3, -0.25) is 9.89 Å². The molecule has 0 atom stereocenters. The summed E-state index contributed by atoms with van der Waals surface area (Å²) in [5, 5.41) is 9.51. The maximum absolute atomic E-state index is 12.0. The number of nitrogens with zero attached hydrogens (tertiary/aromatic N) is 3. The van der Waals surface area contributed by atoms with Gasteiger partial charge in [-0.15, -0.1) is 5.10 Å². The van der Waals surface area contributed by atoms with Gasteiger partial charge in [0.2, 0.25) is 5.82 Å². The Labute approximate surface area is 123 Å². The van der Waals surface area contributed by atoms with Gasteiger partial charge < -0.3 is 15.0 Å². The Morgan fingerprint density at radius 1 is 1.38 bits per heavy atom. The van der Waals surface area contributed by atoms with Gasteiger partial charge in [0, 0.05) is 25.6 Å². The smallest absolute Gasteiger partial charge is 0.409 e. The molecule has 0 spiro atoms. The number of aromatic nitrogens is 3. The second-order valence-corrected chi connectivity index (χ2v) is 4.89. The summed E-state index contributed by atoms with van der Waals surface area (Å²) in [6.07, 6.45) is 1.83. The molecule has 116 valence electrons. The Hall–Kier alpha value is -2.12. The SMILES string of the molecule is CCOC(=O)N1CCC(NC(=O)c2n[nH]c(CC)n2)CC1. The number of likely N-dealkylation sites (tertiary alicyclic amines) is 1. The van der Waals surface area contributed by atoms with Crippen molar-refractivity contribution in [3.8, 4) is 0 Å². The zero-order valence-corrected chi connectivity index (χ0v) is 12.4. The number of piperidine rings is 1.